The number of hydrogen-bond acceptors (Lipinski definition) is 2. The molecule has 0 saturated carbocycles. The van der Waals surface area contributed by atoms with Crippen LogP contribution in [0.2, 0.25) is 0 Å². The molecule has 1 aromatic carbocycles. The van der Waals surface area contributed by atoms with Gasteiger partial charge in [0.15, 0.2) is 0 Å². The number of piperidine rings is 1. The van der Waals surface area contributed by atoms with Gasteiger partial charge in [-0.2, -0.15) is 5.26 Å². The molecule has 1 aromatic rings. The van der Waals surface area contributed by atoms with Crippen LogP contribution in [0.15, 0.2) is 29.8 Å². The molecule has 1 aliphatic heterocycles. The molecule has 0 unspecified atom stereocenters. The number of rotatable bonds is 1. The molecule has 17 heavy (non-hydrogen) atoms. The second-order valence-electron chi connectivity index (χ2n) is 3.85. The van der Waals surface area contributed by atoms with Crippen LogP contribution >= 0.6 is 12.4 Å². The summed E-state index contributed by atoms with van der Waals surface area (Å²) in [5.41, 5.74) is 2.70. The normalized spacial score (nSPS) is 14.7. The van der Waals surface area contributed by atoms with Gasteiger partial charge in [-0.25, -0.2) is 4.39 Å². The maximum absolute atomic E-state index is 12.8. The van der Waals surface area contributed by atoms with Crippen LogP contribution in [0.3, 0.4) is 0 Å². The van der Waals surface area contributed by atoms with Gasteiger partial charge in [0.05, 0.1) is 11.6 Å². The van der Waals surface area contributed by atoms with Crippen molar-refractivity contribution in [1.82, 2.24) is 5.32 Å². The number of benzene rings is 1. The van der Waals surface area contributed by atoms with Crippen molar-refractivity contribution in [3.05, 3.63) is 41.2 Å². The highest BCUT2D eigenvalue weighted by Crippen LogP contribution is 2.24. The Labute approximate surface area is 107 Å². The summed E-state index contributed by atoms with van der Waals surface area (Å²) in [6, 6.07) is 8.37. The molecule has 2 rings (SSSR count). The van der Waals surface area contributed by atoms with Crippen molar-refractivity contribution in [1.29, 1.82) is 5.26 Å². The van der Waals surface area contributed by atoms with Crippen molar-refractivity contribution in [3.8, 4) is 6.07 Å². The minimum absolute atomic E-state index is 0. The lowest BCUT2D eigenvalue weighted by molar-refractivity contribution is 0.612. The topological polar surface area (TPSA) is 35.8 Å². The van der Waals surface area contributed by atoms with Gasteiger partial charge >= 0.3 is 0 Å². The third kappa shape index (κ3) is 3.29. The summed E-state index contributed by atoms with van der Waals surface area (Å²) >= 11 is 0. The Morgan fingerprint density at radius 1 is 1.18 bits per heavy atom. The fourth-order valence-corrected chi connectivity index (χ4v) is 1.94. The first-order chi connectivity index (χ1) is 7.81. The molecule has 0 bridgehead atoms. The molecule has 2 nitrogen and oxygen atoms in total. The van der Waals surface area contributed by atoms with E-state index >= 15 is 0 Å². The van der Waals surface area contributed by atoms with Crippen LogP contribution in [-0.2, 0) is 0 Å². The highest BCUT2D eigenvalue weighted by molar-refractivity contribution is 5.85. The molecule has 4 heteroatoms. The zero-order valence-electron chi connectivity index (χ0n) is 9.37. The third-order valence-corrected chi connectivity index (χ3v) is 2.81. The Bertz CT molecular complexity index is 437. The van der Waals surface area contributed by atoms with Crippen molar-refractivity contribution < 1.29 is 4.39 Å². The van der Waals surface area contributed by atoms with Crippen LogP contribution < -0.4 is 5.32 Å². The summed E-state index contributed by atoms with van der Waals surface area (Å²) in [5.74, 6) is -0.267. The van der Waals surface area contributed by atoms with Gasteiger partial charge in [0, 0.05) is 0 Å². The zero-order chi connectivity index (χ0) is 11.4. The predicted octanol–water partition coefficient (Wildman–Crippen LogP) is 2.91. The van der Waals surface area contributed by atoms with Crippen molar-refractivity contribution in [2.45, 2.75) is 12.8 Å². The summed E-state index contributed by atoms with van der Waals surface area (Å²) in [6.45, 7) is 1.84. The van der Waals surface area contributed by atoms with Gasteiger partial charge in [-0.3, -0.25) is 0 Å². The highest BCUT2D eigenvalue weighted by atomic mass is 35.5. The molecule has 1 aliphatic rings. The number of nitrogens with one attached hydrogen (secondary N) is 1. The van der Waals surface area contributed by atoms with Gasteiger partial charge in [0.25, 0.3) is 0 Å². The molecule has 1 N–H and O–H groups in total. The minimum Gasteiger partial charge on any atom is -0.316 e. The predicted molar refractivity (Wildman–Crippen MR) is 68.3 cm³/mol. The highest BCUT2D eigenvalue weighted by Gasteiger charge is 2.12. The van der Waals surface area contributed by atoms with E-state index in [4.69, 9.17) is 0 Å². The van der Waals surface area contributed by atoms with E-state index in [1.165, 1.54) is 17.7 Å². The Hall–Kier alpha value is -1.37. The van der Waals surface area contributed by atoms with Gasteiger partial charge in [-0.1, -0.05) is 12.1 Å². The molecule has 0 radical (unpaired) electrons. The van der Waals surface area contributed by atoms with Gasteiger partial charge in [-0.15, -0.1) is 12.4 Å². The smallest absolute Gasteiger partial charge is 0.123 e. The standard InChI is InChI=1S/C13H13FN2.ClH/c14-12-3-1-10(2-4-12)13(9-15)11-5-7-16-8-6-11;/h1-4,16H,5-8H2;1H. The molecule has 0 atom stereocenters. The second kappa shape index (κ2) is 6.39. The first kappa shape index (κ1) is 13.7. The number of nitriles is 1. The van der Waals surface area contributed by atoms with E-state index in [0.29, 0.717) is 5.57 Å². The monoisotopic (exact) mass is 252 g/mol. The van der Waals surface area contributed by atoms with E-state index in [2.05, 4.69) is 11.4 Å². The fourth-order valence-electron chi connectivity index (χ4n) is 1.94. The molecule has 1 saturated heterocycles. The number of halogens is 2. The lowest BCUT2D eigenvalue weighted by Gasteiger charge is -2.17. The lowest BCUT2D eigenvalue weighted by Crippen LogP contribution is -2.23. The first-order valence-electron chi connectivity index (χ1n) is 5.40. The van der Waals surface area contributed by atoms with Gasteiger partial charge < -0.3 is 5.32 Å². The second-order valence-corrected chi connectivity index (χ2v) is 3.85. The summed E-state index contributed by atoms with van der Waals surface area (Å²) in [6.07, 6.45) is 1.81. The SMILES string of the molecule is Cl.N#CC(=C1CCNCC1)c1ccc(F)cc1. The van der Waals surface area contributed by atoms with E-state index in [9.17, 15) is 9.65 Å². The van der Waals surface area contributed by atoms with Crippen molar-refractivity contribution in [2.24, 2.45) is 0 Å². The van der Waals surface area contributed by atoms with Crippen LogP contribution in [0.4, 0.5) is 4.39 Å². The molecule has 0 spiro atoms. The maximum atomic E-state index is 12.8. The molecule has 0 amide bonds. The third-order valence-electron chi connectivity index (χ3n) is 2.81. The van der Waals surface area contributed by atoms with Crippen molar-refractivity contribution in [2.75, 3.05) is 13.1 Å². The quantitative estimate of drug-likeness (QED) is 0.780. The Balaban J connectivity index is 0.00000144. The molecule has 1 heterocycles. The van der Waals surface area contributed by atoms with Crippen LogP contribution in [0.5, 0.6) is 0 Å². The van der Waals surface area contributed by atoms with Crippen molar-refractivity contribution in [3.63, 3.8) is 0 Å². The summed E-state index contributed by atoms with van der Waals surface area (Å²) in [5, 5.41) is 12.4. The van der Waals surface area contributed by atoms with Gasteiger partial charge in [-0.05, 0) is 49.2 Å². The molecule has 90 valence electrons. The van der Waals surface area contributed by atoms with Crippen LogP contribution in [-0.4, -0.2) is 13.1 Å². The van der Waals surface area contributed by atoms with Crippen LogP contribution in [0.25, 0.3) is 5.57 Å². The molecular weight excluding hydrogens is 239 g/mol. The summed E-state index contributed by atoms with van der Waals surface area (Å²) in [7, 11) is 0. The molecule has 1 fully saturated rings. The first-order valence-corrected chi connectivity index (χ1v) is 5.40. The lowest BCUT2D eigenvalue weighted by atomic mass is 9.95. The Kier molecular flexibility index (Phi) is 5.14. The van der Waals surface area contributed by atoms with E-state index in [0.717, 1.165) is 31.5 Å². The largest absolute Gasteiger partial charge is 0.316 e. The van der Waals surface area contributed by atoms with E-state index in [1.807, 2.05) is 0 Å². The molecular formula is C13H14ClFN2. The zero-order valence-corrected chi connectivity index (χ0v) is 10.2. The molecule has 0 aliphatic carbocycles. The Morgan fingerprint density at radius 3 is 2.29 bits per heavy atom. The van der Waals surface area contributed by atoms with E-state index in [-0.39, 0.29) is 18.2 Å². The maximum Gasteiger partial charge on any atom is 0.123 e. The number of nitrogens with zero attached hydrogens (tertiary/aromatic N) is 1. The number of allylic oxidation sites excluding steroid dienone is 1. The van der Waals surface area contributed by atoms with E-state index in [1.54, 1.807) is 12.1 Å². The van der Waals surface area contributed by atoms with Gasteiger partial charge in [0.2, 0.25) is 0 Å². The average molecular weight is 253 g/mol. The molecule has 0 aromatic heterocycles. The fraction of sp³-hybridized carbons (Fsp3) is 0.308. The van der Waals surface area contributed by atoms with E-state index < -0.39 is 0 Å². The summed E-state index contributed by atoms with van der Waals surface area (Å²) in [4.78, 5) is 0. The summed E-state index contributed by atoms with van der Waals surface area (Å²) < 4.78 is 12.8. The Morgan fingerprint density at radius 2 is 1.76 bits per heavy atom. The average Bonchev–Trinajstić information content (AvgIpc) is 2.34. The minimum atomic E-state index is -0.267. The van der Waals surface area contributed by atoms with Crippen LogP contribution in [0, 0.1) is 17.1 Å². The van der Waals surface area contributed by atoms with Crippen LogP contribution in [0.1, 0.15) is 18.4 Å². The van der Waals surface area contributed by atoms with Gasteiger partial charge in [0.1, 0.15) is 5.82 Å². The van der Waals surface area contributed by atoms with Crippen molar-refractivity contribution >= 4 is 18.0 Å². The number of hydrogen-bond donors (Lipinski definition) is 1.